The lowest BCUT2D eigenvalue weighted by Crippen LogP contribution is -2.23. The fraction of sp³-hybridized carbons (Fsp3) is 0.118. The molecule has 0 bridgehead atoms. The van der Waals surface area contributed by atoms with Crippen LogP contribution in [0.2, 0.25) is 0 Å². The normalized spacial score (nSPS) is 10.5. The molecule has 2 aromatic carbocycles. The highest BCUT2D eigenvalue weighted by molar-refractivity contribution is 5.94. The Balaban J connectivity index is 1.76. The van der Waals surface area contributed by atoms with Crippen molar-refractivity contribution in [3.8, 4) is 0 Å². The fourth-order valence-electron chi connectivity index (χ4n) is 2.24. The van der Waals surface area contributed by atoms with Crippen molar-refractivity contribution in [2.45, 2.75) is 6.54 Å². The topological polar surface area (TPSA) is 59.8 Å². The maximum absolute atomic E-state index is 11.8. The van der Waals surface area contributed by atoms with Crippen molar-refractivity contribution in [1.29, 1.82) is 0 Å². The van der Waals surface area contributed by atoms with Gasteiger partial charge < -0.3 is 5.32 Å². The van der Waals surface area contributed by atoms with Gasteiger partial charge in [-0.1, -0.05) is 35.6 Å². The number of rotatable bonds is 5. The van der Waals surface area contributed by atoms with E-state index in [1.807, 2.05) is 53.2 Å². The predicted molar refractivity (Wildman–Crippen MR) is 85.6 cm³/mol. The molecule has 0 aliphatic heterocycles. The predicted octanol–water partition coefficient (Wildman–Crippen LogP) is 2.40. The van der Waals surface area contributed by atoms with Gasteiger partial charge in [0.15, 0.2) is 0 Å². The zero-order valence-electron chi connectivity index (χ0n) is 12.1. The van der Waals surface area contributed by atoms with Gasteiger partial charge in [0.05, 0.1) is 12.1 Å². The minimum absolute atomic E-state index is 0.0994. The van der Waals surface area contributed by atoms with Crippen molar-refractivity contribution >= 4 is 16.9 Å². The lowest BCUT2D eigenvalue weighted by molar-refractivity contribution is 0.0958. The van der Waals surface area contributed by atoms with Gasteiger partial charge in [0.25, 0.3) is 5.91 Å². The number of benzene rings is 2. The van der Waals surface area contributed by atoms with E-state index in [9.17, 15) is 4.79 Å². The molecule has 1 amide bonds. The first-order valence-corrected chi connectivity index (χ1v) is 7.04. The number of nitrogens with one attached hydrogen (secondary N) is 1. The highest BCUT2D eigenvalue weighted by atomic mass is 16.1. The first-order valence-electron chi connectivity index (χ1n) is 7.04. The van der Waals surface area contributed by atoms with Crippen molar-refractivity contribution in [1.82, 2.24) is 20.3 Å². The summed E-state index contributed by atoms with van der Waals surface area (Å²) in [6, 6.07) is 15.3. The average molecular weight is 292 g/mol. The van der Waals surface area contributed by atoms with E-state index in [2.05, 4.69) is 22.2 Å². The van der Waals surface area contributed by atoms with Gasteiger partial charge in [-0.3, -0.25) is 4.79 Å². The second kappa shape index (κ2) is 6.22. The maximum Gasteiger partial charge on any atom is 0.251 e. The van der Waals surface area contributed by atoms with E-state index >= 15 is 0 Å². The molecule has 110 valence electrons. The average Bonchev–Trinajstić information content (AvgIpc) is 2.96. The summed E-state index contributed by atoms with van der Waals surface area (Å²) in [7, 11) is 0. The van der Waals surface area contributed by atoms with E-state index in [0.29, 0.717) is 18.7 Å². The molecule has 3 aromatic rings. The van der Waals surface area contributed by atoms with Crippen LogP contribution in [0.5, 0.6) is 0 Å². The summed E-state index contributed by atoms with van der Waals surface area (Å²) < 4.78 is 1.85. The van der Waals surface area contributed by atoms with Gasteiger partial charge >= 0.3 is 0 Å². The van der Waals surface area contributed by atoms with E-state index < -0.39 is 0 Å². The zero-order chi connectivity index (χ0) is 15.4. The number of para-hydroxylation sites is 1. The van der Waals surface area contributed by atoms with Gasteiger partial charge in [-0.2, -0.15) is 0 Å². The first kappa shape index (κ1) is 14.0. The Hall–Kier alpha value is -2.95. The zero-order valence-corrected chi connectivity index (χ0v) is 12.1. The summed E-state index contributed by atoms with van der Waals surface area (Å²) in [5.74, 6) is -0.0994. The SMILES string of the molecule is C=CCNC(=O)c1ccc(Cn2nnc3ccccc32)cc1. The minimum Gasteiger partial charge on any atom is -0.349 e. The number of fused-ring (bicyclic) bond motifs is 1. The molecule has 3 rings (SSSR count). The molecule has 5 nitrogen and oxygen atoms in total. The van der Waals surface area contributed by atoms with E-state index in [-0.39, 0.29) is 5.91 Å². The Labute approximate surface area is 128 Å². The Morgan fingerprint density at radius 1 is 1.18 bits per heavy atom. The number of carbonyl (C=O) groups is 1. The van der Waals surface area contributed by atoms with Gasteiger partial charge in [-0.15, -0.1) is 11.7 Å². The number of hydrogen-bond acceptors (Lipinski definition) is 3. The number of hydrogen-bond donors (Lipinski definition) is 1. The molecule has 0 fully saturated rings. The van der Waals surface area contributed by atoms with Crippen LogP contribution in [0.3, 0.4) is 0 Å². The Morgan fingerprint density at radius 3 is 2.73 bits per heavy atom. The number of aromatic nitrogens is 3. The summed E-state index contributed by atoms with van der Waals surface area (Å²) >= 11 is 0. The highest BCUT2D eigenvalue weighted by Gasteiger charge is 2.06. The van der Waals surface area contributed by atoms with Crippen LogP contribution >= 0.6 is 0 Å². The second-order valence-corrected chi connectivity index (χ2v) is 4.93. The summed E-state index contributed by atoms with van der Waals surface area (Å²) in [6.45, 7) is 4.66. The molecule has 1 aromatic heterocycles. The standard InChI is InChI=1S/C17H16N4O/c1-2-11-18-17(22)14-9-7-13(8-10-14)12-21-16-6-4-3-5-15(16)19-20-21/h2-10H,1,11-12H2,(H,18,22). The van der Waals surface area contributed by atoms with Gasteiger partial charge in [0, 0.05) is 12.1 Å². The summed E-state index contributed by atoms with van der Waals surface area (Å²) in [5.41, 5.74) is 3.57. The lowest BCUT2D eigenvalue weighted by Gasteiger charge is -2.05. The quantitative estimate of drug-likeness (QED) is 0.735. The van der Waals surface area contributed by atoms with Crippen LogP contribution in [0.15, 0.2) is 61.2 Å². The molecular formula is C17H16N4O. The molecule has 0 aliphatic carbocycles. The third-order valence-corrected chi connectivity index (χ3v) is 3.38. The summed E-state index contributed by atoms with van der Waals surface area (Å²) in [4.78, 5) is 11.8. The Kier molecular flexibility index (Phi) is 3.96. The number of carbonyl (C=O) groups excluding carboxylic acids is 1. The molecule has 0 spiro atoms. The molecule has 0 atom stereocenters. The molecule has 0 aliphatic rings. The smallest absolute Gasteiger partial charge is 0.251 e. The monoisotopic (exact) mass is 292 g/mol. The highest BCUT2D eigenvalue weighted by Crippen LogP contribution is 2.12. The van der Waals surface area contributed by atoms with Crippen molar-refractivity contribution < 1.29 is 4.79 Å². The van der Waals surface area contributed by atoms with Gasteiger partial charge in [-0.05, 0) is 29.8 Å². The van der Waals surface area contributed by atoms with Crippen LogP contribution in [0.25, 0.3) is 11.0 Å². The van der Waals surface area contributed by atoms with Crippen molar-refractivity contribution in [3.05, 3.63) is 72.3 Å². The molecule has 22 heavy (non-hydrogen) atoms. The fourth-order valence-corrected chi connectivity index (χ4v) is 2.24. The summed E-state index contributed by atoms with van der Waals surface area (Å²) in [6.07, 6.45) is 1.65. The third-order valence-electron chi connectivity index (χ3n) is 3.38. The number of amides is 1. The van der Waals surface area contributed by atoms with E-state index in [1.54, 1.807) is 6.08 Å². The van der Waals surface area contributed by atoms with E-state index in [0.717, 1.165) is 16.6 Å². The Morgan fingerprint density at radius 2 is 1.95 bits per heavy atom. The van der Waals surface area contributed by atoms with Crippen LogP contribution < -0.4 is 5.32 Å². The molecule has 1 N–H and O–H groups in total. The largest absolute Gasteiger partial charge is 0.349 e. The van der Waals surface area contributed by atoms with Crippen LogP contribution in [0.4, 0.5) is 0 Å². The van der Waals surface area contributed by atoms with Crippen molar-refractivity contribution in [3.63, 3.8) is 0 Å². The Bertz CT molecular complexity index is 805. The third kappa shape index (κ3) is 2.88. The van der Waals surface area contributed by atoms with Gasteiger partial charge in [0.2, 0.25) is 0 Å². The van der Waals surface area contributed by atoms with Gasteiger partial charge in [0.1, 0.15) is 5.52 Å². The van der Waals surface area contributed by atoms with Crippen LogP contribution in [-0.4, -0.2) is 27.4 Å². The molecule has 0 saturated heterocycles. The number of nitrogens with zero attached hydrogens (tertiary/aromatic N) is 3. The minimum atomic E-state index is -0.0994. The molecular weight excluding hydrogens is 276 g/mol. The van der Waals surface area contributed by atoms with Crippen LogP contribution in [0.1, 0.15) is 15.9 Å². The van der Waals surface area contributed by atoms with Crippen LogP contribution in [0, 0.1) is 0 Å². The van der Waals surface area contributed by atoms with Crippen molar-refractivity contribution in [2.24, 2.45) is 0 Å². The van der Waals surface area contributed by atoms with Gasteiger partial charge in [-0.25, -0.2) is 4.68 Å². The molecule has 0 saturated carbocycles. The van der Waals surface area contributed by atoms with E-state index in [1.165, 1.54) is 0 Å². The maximum atomic E-state index is 11.8. The molecule has 1 heterocycles. The first-order chi connectivity index (χ1) is 10.8. The molecule has 5 heteroatoms. The molecule has 0 radical (unpaired) electrons. The lowest BCUT2D eigenvalue weighted by atomic mass is 10.1. The van der Waals surface area contributed by atoms with Crippen molar-refractivity contribution in [2.75, 3.05) is 6.54 Å². The second-order valence-electron chi connectivity index (χ2n) is 4.93. The van der Waals surface area contributed by atoms with E-state index in [4.69, 9.17) is 0 Å². The summed E-state index contributed by atoms with van der Waals surface area (Å²) in [5, 5.41) is 11.1. The molecule has 0 unspecified atom stereocenters. The van der Waals surface area contributed by atoms with Crippen LogP contribution in [-0.2, 0) is 6.54 Å².